The predicted molar refractivity (Wildman–Crippen MR) is 97.3 cm³/mol. The third kappa shape index (κ3) is 1.92. The molecule has 3 saturated heterocycles. The summed E-state index contributed by atoms with van der Waals surface area (Å²) in [4.78, 5) is 0. The van der Waals surface area contributed by atoms with Crippen molar-refractivity contribution < 1.29 is 28.8 Å². The number of aliphatic hydroxyl groups excluding tert-OH is 1. The molecule has 4 saturated carbocycles. The van der Waals surface area contributed by atoms with Gasteiger partial charge >= 0.3 is 0 Å². The van der Waals surface area contributed by atoms with Gasteiger partial charge in [-0.1, -0.05) is 6.92 Å². The van der Waals surface area contributed by atoms with Gasteiger partial charge in [-0.05, 0) is 49.4 Å². The molecule has 3 aliphatic heterocycles. The standard InChI is InChI=1S/C22H32O6/c1-19-11-16(23)18-13(14(19)3-5-22(19)26-8-9-27-22)10-17-21(28-17)12-20(4-2-15(18)21)24-6-7-25-20/h13-18,23H,2-12H2,1H3/t13-,14-,15?,16-,17-,18-,19-,21+/m0/s1. The molecule has 8 atom stereocenters. The van der Waals surface area contributed by atoms with Gasteiger partial charge in [0, 0.05) is 24.7 Å². The predicted octanol–water partition coefficient (Wildman–Crippen LogP) is 2.23. The second-order valence-corrected chi connectivity index (χ2v) is 10.8. The maximum absolute atomic E-state index is 11.5. The first-order valence-electron chi connectivity index (χ1n) is 11.4. The van der Waals surface area contributed by atoms with Crippen LogP contribution in [0, 0.1) is 29.1 Å². The number of epoxide rings is 1. The summed E-state index contributed by atoms with van der Waals surface area (Å²) >= 11 is 0. The Hall–Kier alpha value is -0.240. The summed E-state index contributed by atoms with van der Waals surface area (Å²) in [6, 6.07) is 0. The molecule has 6 heteroatoms. The molecule has 7 fully saturated rings. The first kappa shape index (κ1) is 17.4. The molecule has 28 heavy (non-hydrogen) atoms. The fourth-order valence-corrected chi connectivity index (χ4v) is 8.90. The molecule has 4 aliphatic carbocycles. The Kier molecular flexibility index (Phi) is 3.32. The Morgan fingerprint density at radius 2 is 1.61 bits per heavy atom. The van der Waals surface area contributed by atoms with Crippen LogP contribution in [0.1, 0.15) is 51.9 Å². The highest BCUT2D eigenvalue weighted by Crippen LogP contribution is 2.72. The largest absolute Gasteiger partial charge is 0.393 e. The molecule has 6 nitrogen and oxygen atoms in total. The second kappa shape index (κ2) is 5.32. The van der Waals surface area contributed by atoms with Crippen LogP contribution < -0.4 is 0 Å². The van der Waals surface area contributed by atoms with E-state index in [9.17, 15) is 5.11 Å². The average molecular weight is 392 g/mol. The van der Waals surface area contributed by atoms with E-state index in [0.29, 0.717) is 56.2 Å². The van der Waals surface area contributed by atoms with Crippen molar-refractivity contribution in [1.82, 2.24) is 0 Å². The molecule has 0 aromatic carbocycles. The lowest BCUT2D eigenvalue weighted by Gasteiger charge is -2.58. The summed E-state index contributed by atoms with van der Waals surface area (Å²) in [5.41, 5.74) is -0.207. The third-order valence-electron chi connectivity index (χ3n) is 9.94. The molecule has 0 aromatic rings. The van der Waals surface area contributed by atoms with Crippen molar-refractivity contribution in [3.8, 4) is 0 Å². The molecule has 156 valence electrons. The smallest absolute Gasteiger partial charge is 0.174 e. The van der Waals surface area contributed by atoms with Crippen molar-refractivity contribution in [3.05, 3.63) is 0 Å². The highest BCUT2D eigenvalue weighted by molar-refractivity contribution is 5.23. The van der Waals surface area contributed by atoms with Crippen molar-refractivity contribution in [3.63, 3.8) is 0 Å². The van der Waals surface area contributed by atoms with Crippen molar-refractivity contribution in [2.45, 2.75) is 81.3 Å². The molecule has 1 N–H and O–H groups in total. The minimum Gasteiger partial charge on any atom is -0.393 e. The average Bonchev–Trinajstić information content (AvgIpc) is 3.04. The maximum Gasteiger partial charge on any atom is 0.174 e. The fourth-order valence-electron chi connectivity index (χ4n) is 8.90. The van der Waals surface area contributed by atoms with Crippen molar-refractivity contribution >= 4 is 0 Å². The van der Waals surface area contributed by atoms with Crippen LogP contribution >= 0.6 is 0 Å². The number of ether oxygens (including phenoxy) is 5. The Morgan fingerprint density at radius 3 is 2.39 bits per heavy atom. The van der Waals surface area contributed by atoms with Gasteiger partial charge in [0.2, 0.25) is 0 Å². The molecular weight excluding hydrogens is 360 g/mol. The first-order chi connectivity index (χ1) is 13.5. The Balaban J connectivity index is 1.22. The lowest BCUT2D eigenvalue weighted by molar-refractivity contribution is -0.260. The Bertz CT molecular complexity index is 685. The number of fused-ring (bicyclic) bond motifs is 5. The van der Waals surface area contributed by atoms with Crippen LogP contribution in [0.5, 0.6) is 0 Å². The van der Waals surface area contributed by atoms with Crippen LogP contribution in [0.3, 0.4) is 0 Å². The minimum absolute atomic E-state index is 0.0907. The van der Waals surface area contributed by atoms with Gasteiger partial charge in [0.1, 0.15) is 5.60 Å². The van der Waals surface area contributed by atoms with Gasteiger partial charge in [0.15, 0.2) is 11.6 Å². The van der Waals surface area contributed by atoms with Gasteiger partial charge in [0.05, 0.1) is 38.6 Å². The molecular formula is C22H32O6. The van der Waals surface area contributed by atoms with Crippen LogP contribution in [-0.4, -0.2) is 60.9 Å². The summed E-state index contributed by atoms with van der Waals surface area (Å²) < 4.78 is 31.0. The molecule has 7 aliphatic rings. The second-order valence-electron chi connectivity index (χ2n) is 10.8. The lowest BCUT2D eigenvalue weighted by Crippen LogP contribution is -2.61. The lowest BCUT2D eigenvalue weighted by atomic mass is 9.49. The van der Waals surface area contributed by atoms with Crippen molar-refractivity contribution in [1.29, 1.82) is 0 Å². The van der Waals surface area contributed by atoms with E-state index in [4.69, 9.17) is 23.7 Å². The topological polar surface area (TPSA) is 69.7 Å². The van der Waals surface area contributed by atoms with Gasteiger partial charge < -0.3 is 28.8 Å². The van der Waals surface area contributed by atoms with Crippen LogP contribution in [0.15, 0.2) is 0 Å². The van der Waals surface area contributed by atoms with Crippen LogP contribution in [0.2, 0.25) is 0 Å². The maximum atomic E-state index is 11.5. The summed E-state index contributed by atoms with van der Waals surface area (Å²) in [5, 5.41) is 11.5. The summed E-state index contributed by atoms with van der Waals surface area (Å²) in [6.45, 7) is 5.09. The van der Waals surface area contributed by atoms with Gasteiger partial charge in [-0.2, -0.15) is 0 Å². The highest BCUT2D eigenvalue weighted by Gasteiger charge is 2.76. The molecule has 0 radical (unpaired) electrons. The molecule has 7 rings (SSSR count). The Labute approximate surface area is 166 Å². The third-order valence-corrected chi connectivity index (χ3v) is 9.94. The van der Waals surface area contributed by atoms with Gasteiger partial charge in [-0.15, -0.1) is 0 Å². The molecule has 3 heterocycles. The molecule has 1 unspecified atom stereocenters. The molecule has 0 aromatic heterocycles. The number of hydrogen-bond acceptors (Lipinski definition) is 6. The molecule has 3 spiro atoms. The summed E-state index contributed by atoms with van der Waals surface area (Å²) in [7, 11) is 0. The van der Waals surface area contributed by atoms with Gasteiger partial charge in [0.25, 0.3) is 0 Å². The van der Waals surface area contributed by atoms with E-state index < -0.39 is 11.6 Å². The molecule has 0 bridgehead atoms. The molecule has 0 amide bonds. The van der Waals surface area contributed by atoms with Crippen LogP contribution in [0.25, 0.3) is 0 Å². The van der Waals surface area contributed by atoms with Crippen LogP contribution in [-0.2, 0) is 23.7 Å². The monoisotopic (exact) mass is 392 g/mol. The summed E-state index contributed by atoms with van der Waals surface area (Å²) in [5.74, 6) is 0.922. The van der Waals surface area contributed by atoms with Gasteiger partial charge in [-0.3, -0.25) is 0 Å². The number of aliphatic hydroxyl groups is 1. The van der Waals surface area contributed by atoms with E-state index in [0.717, 1.165) is 44.9 Å². The quantitative estimate of drug-likeness (QED) is 0.638. The zero-order valence-corrected chi connectivity index (χ0v) is 16.7. The van der Waals surface area contributed by atoms with E-state index in [1.807, 2.05) is 0 Å². The number of rotatable bonds is 0. The fraction of sp³-hybridized carbons (Fsp3) is 1.00. The van der Waals surface area contributed by atoms with E-state index in [1.165, 1.54) is 0 Å². The number of hydrogen-bond donors (Lipinski definition) is 1. The van der Waals surface area contributed by atoms with E-state index in [2.05, 4.69) is 6.92 Å². The van der Waals surface area contributed by atoms with Crippen molar-refractivity contribution in [2.24, 2.45) is 29.1 Å². The van der Waals surface area contributed by atoms with E-state index in [1.54, 1.807) is 0 Å². The van der Waals surface area contributed by atoms with E-state index in [-0.39, 0.29) is 17.1 Å². The summed E-state index contributed by atoms with van der Waals surface area (Å²) in [6.07, 6.45) is 6.78. The first-order valence-corrected chi connectivity index (χ1v) is 11.4. The highest BCUT2D eigenvalue weighted by atomic mass is 16.7. The van der Waals surface area contributed by atoms with E-state index >= 15 is 0 Å². The zero-order chi connectivity index (χ0) is 18.8. The normalized spacial score (nSPS) is 57.6. The van der Waals surface area contributed by atoms with Crippen molar-refractivity contribution in [2.75, 3.05) is 26.4 Å². The van der Waals surface area contributed by atoms with Crippen LogP contribution in [0.4, 0.5) is 0 Å². The zero-order valence-electron chi connectivity index (χ0n) is 16.7. The van der Waals surface area contributed by atoms with Gasteiger partial charge in [-0.25, -0.2) is 0 Å². The SMILES string of the molecule is C[C@]12C[C@H](O)[C@@H]3C4CCC5(C[C@@]46O[C@H]6C[C@H]3[C@@H]1CCC21OCCO1)OCCO5. The Morgan fingerprint density at radius 1 is 0.893 bits per heavy atom. The minimum atomic E-state index is -0.468.